The van der Waals surface area contributed by atoms with Crippen LogP contribution in [0.5, 0.6) is 0 Å². The highest BCUT2D eigenvalue weighted by Gasteiger charge is 2.27. The molecule has 1 aliphatic rings. The van der Waals surface area contributed by atoms with Gasteiger partial charge in [-0.3, -0.25) is 5.32 Å². The summed E-state index contributed by atoms with van der Waals surface area (Å²) in [6, 6.07) is 12.2. The minimum Gasteiger partial charge on any atom is -0.324 e. The molecular formula is C19H21N5O. The van der Waals surface area contributed by atoms with Crippen LogP contribution in [0.1, 0.15) is 30.4 Å². The maximum Gasteiger partial charge on any atom is 0.323 e. The van der Waals surface area contributed by atoms with Gasteiger partial charge >= 0.3 is 6.03 Å². The van der Waals surface area contributed by atoms with Gasteiger partial charge < -0.3 is 4.90 Å². The fourth-order valence-electron chi connectivity index (χ4n) is 3.36. The number of nitrogens with zero attached hydrogens (tertiary/aromatic N) is 4. The number of anilines is 1. The standard InChI is InChI=1S/C19H21N5O/c1-2-14-3-5-15(6-4-14)16-9-12-23(13-16)19(25)22-18-7-10-20-17-8-11-21-24(17)18/h3-8,10-11,16H,2,9,12-13H2,1H3,(H,22,25). The zero-order valence-corrected chi connectivity index (χ0v) is 14.2. The van der Waals surface area contributed by atoms with E-state index in [0.29, 0.717) is 17.4 Å². The minimum absolute atomic E-state index is 0.0873. The molecule has 1 fully saturated rings. The van der Waals surface area contributed by atoms with Gasteiger partial charge in [-0.2, -0.15) is 9.61 Å². The predicted octanol–water partition coefficient (Wildman–Crippen LogP) is 3.31. The van der Waals surface area contributed by atoms with E-state index in [0.717, 1.165) is 25.9 Å². The largest absolute Gasteiger partial charge is 0.324 e. The molecule has 0 saturated carbocycles. The fraction of sp³-hybridized carbons (Fsp3) is 0.316. The Morgan fingerprint density at radius 2 is 2.04 bits per heavy atom. The highest BCUT2D eigenvalue weighted by molar-refractivity contribution is 5.88. The summed E-state index contributed by atoms with van der Waals surface area (Å²) >= 11 is 0. The summed E-state index contributed by atoms with van der Waals surface area (Å²) in [4.78, 5) is 18.7. The van der Waals surface area contributed by atoms with Gasteiger partial charge in [-0.1, -0.05) is 31.2 Å². The Kier molecular flexibility index (Phi) is 4.09. The summed E-state index contributed by atoms with van der Waals surface area (Å²) in [7, 11) is 0. The van der Waals surface area contributed by atoms with Gasteiger partial charge in [0.15, 0.2) is 5.65 Å². The number of rotatable bonds is 3. The second kappa shape index (κ2) is 6.55. The van der Waals surface area contributed by atoms with Gasteiger partial charge in [0, 0.05) is 31.3 Å². The number of amides is 2. The van der Waals surface area contributed by atoms with Gasteiger partial charge in [-0.15, -0.1) is 0 Å². The third kappa shape index (κ3) is 3.07. The number of hydrogen-bond acceptors (Lipinski definition) is 3. The van der Waals surface area contributed by atoms with Crippen molar-refractivity contribution in [3.8, 4) is 0 Å². The van der Waals surface area contributed by atoms with Crippen molar-refractivity contribution >= 4 is 17.5 Å². The number of fused-ring (bicyclic) bond motifs is 1. The quantitative estimate of drug-likeness (QED) is 0.799. The lowest BCUT2D eigenvalue weighted by atomic mass is 9.97. The monoisotopic (exact) mass is 335 g/mol. The average molecular weight is 335 g/mol. The van der Waals surface area contributed by atoms with Crippen LogP contribution >= 0.6 is 0 Å². The van der Waals surface area contributed by atoms with Crippen molar-refractivity contribution in [2.24, 2.45) is 0 Å². The van der Waals surface area contributed by atoms with Gasteiger partial charge in [0.1, 0.15) is 5.82 Å². The first-order chi connectivity index (χ1) is 12.2. The van der Waals surface area contributed by atoms with Crippen LogP contribution in [0.3, 0.4) is 0 Å². The van der Waals surface area contributed by atoms with Crippen LogP contribution in [-0.4, -0.2) is 38.6 Å². The van der Waals surface area contributed by atoms with E-state index in [2.05, 4.69) is 46.6 Å². The summed E-state index contributed by atoms with van der Waals surface area (Å²) in [5.74, 6) is 1.04. The molecule has 6 heteroatoms. The zero-order valence-electron chi connectivity index (χ0n) is 14.2. The predicted molar refractivity (Wildman–Crippen MR) is 96.8 cm³/mol. The van der Waals surface area contributed by atoms with E-state index in [1.807, 2.05) is 11.0 Å². The third-order valence-electron chi connectivity index (χ3n) is 4.86. The Hall–Kier alpha value is -2.89. The Morgan fingerprint density at radius 1 is 1.20 bits per heavy atom. The normalized spacial score (nSPS) is 17.2. The van der Waals surface area contributed by atoms with Crippen molar-refractivity contribution in [1.29, 1.82) is 0 Å². The van der Waals surface area contributed by atoms with Gasteiger partial charge in [0.2, 0.25) is 0 Å². The molecule has 3 aromatic rings. The van der Waals surface area contributed by atoms with Crippen LogP contribution in [0.4, 0.5) is 10.6 Å². The van der Waals surface area contributed by atoms with Crippen LogP contribution < -0.4 is 5.32 Å². The Balaban J connectivity index is 1.44. The third-order valence-corrected chi connectivity index (χ3v) is 4.86. The van der Waals surface area contributed by atoms with Crippen LogP contribution in [0, 0.1) is 0 Å². The number of likely N-dealkylation sites (tertiary alicyclic amines) is 1. The number of hydrogen-bond donors (Lipinski definition) is 1. The maximum atomic E-state index is 12.6. The number of nitrogens with one attached hydrogen (secondary N) is 1. The second-order valence-corrected chi connectivity index (χ2v) is 6.39. The van der Waals surface area contributed by atoms with E-state index in [-0.39, 0.29) is 6.03 Å². The van der Waals surface area contributed by atoms with Crippen LogP contribution in [-0.2, 0) is 6.42 Å². The molecule has 1 saturated heterocycles. The molecule has 1 aliphatic heterocycles. The molecule has 4 rings (SSSR count). The molecule has 2 amide bonds. The molecule has 25 heavy (non-hydrogen) atoms. The lowest BCUT2D eigenvalue weighted by Crippen LogP contribution is -2.33. The topological polar surface area (TPSA) is 62.5 Å². The maximum absolute atomic E-state index is 12.6. The van der Waals surface area contributed by atoms with Crippen molar-refractivity contribution in [1.82, 2.24) is 19.5 Å². The molecule has 0 bridgehead atoms. The summed E-state index contributed by atoms with van der Waals surface area (Å²) in [6.07, 6.45) is 5.39. The summed E-state index contributed by atoms with van der Waals surface area (Å²) in [6.45, 7) is 3.66. The summed E-state index contributed by atoms with van der Waals surface area (Å²) in [5, 5.41) is 7.15. The lowest BCUT2D eigenvalue weighted by molar-refractivity contribution is 0.222. The number of carbonyl (C=O) groups excluding carboxylic acids is 1. The second-order valence-electron chi connectivity index (χ2n) is 6.39. The molecule has 1 aromatic carbocycles. The first-order valence-electron chi connectivity index (χ1n) is 8.68. The van der Waals surface area contributed by atoms with Crippen molar-refractivity contribution in [3.05, 3.63) is 59.9 Å². The number of aryl methyl sites for hydroxylation is 1. The van der Waals surface area contributed by atoms with Crippen molar-refractivity contribution in [3.63, 3.8) is 0 Å². The number of aromatic nitrogens is 3. The summed E-state index contributed by atoms with van der Waals surface area (Å²) < 4.78 is 1.63. The Morgan fingerprint density at radius 3 is 2.84 bits per heavy atom. The lowest BCUT2D eigenvalue weighted by Gasteiger charge is -2.18. The van der Waals surface area contributed by atoms with Crippen LogP contribution in [0.2, 0.25) is 0 Å². The highest BCUT2D eigenvalue weighted by Crippen LogP contribution is 2.28. The molecule has 0 aliphatic carbocycles. The first-order valence-corrected chi connectivity index (χ1v) is 8.68. The van der Waals surface area contributed by atoms with E-state index >= 15 is 0 Å². The molecule has 128 valence electrons. The molecule has 2 aromatic heterocycles. The fourth-order valence-corrected chi connectivity index (χ4v) is 3.36. The Bertz CT molecular complexity index is 886. The number of benzene rings is 1. The van der Waals surface area contributed by atoms with E-state index in [1.165, 1.54) is 11.1 Å². The number of carbonyl (C=O) groups is 1. The first kappa shape index (κ1) is 15.6. The van der Waals surface area contributed by atoms with Gasteiger partial charge in [-0.25, -0.2) is 9.78 Å². The molecule has 1 unspecified atom stereocenters. The van der Waals surface area contributed by atoms with Gasteiger partial charge in [-0.05, 0) is 30.0 Å². The molecule has 0 radical (unpaired) electrons. The molecule has 6 nitrogen and oxygen atoms in total. The molecule has 1 N–H and O–H groups in total. The van der Waals surface area contributed by atoms with E-state index in [4.69, 9.17) is 0 Å². The summed E-state index contributed by atoms with van der Waals surface area (Å²) in [5.41, 5.74) is 3.37. The zero-order chi connectivity index (χ0) is 17.2. The molecule has 3 heterocycles. The SMILES string of the molecule is CCc1ccc(C2CCN(C(=O)Nc3ccnc4ccnn34)C2)cc1. The molecular weight excluding hydrogens is 314 g/mol. The van der Waals surface area contributed by atoms with E-state index < -0.39 is 0 Å². The van der Waals surface area contributed by atoms with Crippen LogP contribution in [0.25, 0.3) is 5.65 Å². The van der Waals surface area contributed by atoms with Crippen molar-refractivity contribution in [2.45, 2.75) is 25.7 Å². The van der Waals surface area contributed by atoms with E-state index in [9.17, 15) is 4.79 Å². The minimum atomic E-state index is -0.0873. The smallest absolute Gasteiger partial charge is 0.323 e. The molecule has 1 atom stereocenters. The highest BCUT2D eigenvalue weighted by atomic mass is 16.2. The Labute approximate surface area is 146 Å². The van der Waals surface area contributed by atoms with Crippen LogP contribution in [0.15, 0.2) is 48.8 Å². The van der Waals surface area contributed by atoms with E-state index in [1.54, 1.807) is 23.0 Å². The average Bonchev–Trinajstić information content (AvgIpc) is 3.32. The van der Waals surface area contributed by atoms with Crippen molar-refractivity contribution in [2.75, 3.05) is 18.4 Å². The van der Waals surface area contributed by atoms with Gasteiger partial charge in [0.25, 0.3) is 0 Å². The van der Waals surface area contributed by atoms with Crippen molar-refractivity contribution < 1.29 is 4.79 Å². The van der Waals surface area contributed by atoms with Gasteiger partial charge in [0.05, 0.1) is 6.20 Å². The molecule has 0 spiro atoms. The number of urea groups is 1.